The first-order valence-electron chi connectivity index (χ1n) is 9.86. The van der Waals surface area contributed by atoms with Gasteiger partial charge in [0.05, 0.1) is 5.69 Å². The molecule has 3 aliphatic rings. The number of benzene rings is 1. The summed E-state index contributed by atoms with van der Waals surface area (Å²) in [6.45, 7) is 7.64. The fourth-order valence-electron chi connectivity index (χ4n) is 4.44. The second-order valence-electron chi connectivity index (χ2n) is 7.95. The summed E-state index contributed by atoms with van der Waals surface area (Å²) in [5, 5.41) is 3.17. The molecule has 0 radical (unpaired) electrons. The van der Waals surface area contributed by atoms with Crippen molar-refractivity contribution in [3.05, 3.63) is 59.4 Å². The smallest absolute Gasteiger partial charge is 0.321 e. The minimum Gasteiger partial charge on any atom is -0.323 e. The van der Waals surface area contributed by atoms with Crippen LogP contribution in [0.1, 0.15) is 29.7 Å². The molecule has 2 aromatic rings. The predicted octanol–water partition coefficient (Wildman–Crippen LogP) is 3.83. The second-order valence-corrected chi connectivity index (χ2v) is 7.95. The van der Waals surface area contributed by atoms with Crippen molar-refractivity contribution in [1.29, 1.82) is 0 Å². The number of anilines is 1. The third-order valence-corrected chi connectivity index (χ3v) is 5.92. The monoisotopic (exact) mass is 364 g/mol. The molecule has 0 spiro atoms. The van der Waals surface area contributed by atoms with Crippen molar-refractivity contribution in [2.24, 2.45) is 5.92 Å². The highest BCUT2D eigenvalue weighted by atomic mass is 16.2. The average Bonchev–Trinajstić information content (AvgIpc) is 2.98. The first kappa shape index (κ1) is 18.0. The topological polar surface area (TPSA) is 48.5 Å². The number of carbonyl (C=O) groups is 1. The molecule has 2 amide bonds. The molecule has 2 atom stereocenters. The Hall–Kier alpha value is -2.40. The molecule has 1 N–H and O–H groups in total. The molecule has 4 heterocycles. The molecule has 0 aliphatic carbocycles. The first-order chi connectivity index (χ1) is 13.1. The Morgan fingerprint density at radius 3 is 2.63 bits per heavy atom. The summed E-state index contributed by atoms with van der Waals surface area (Å²) in [6, 6.07) is 12.7. The average molecular weight is 364 g/mol. The van der Waals surface area contributed by atoms with Crippen LogP contribution in [0.4, 0.5) is 10.5 Å². The van der Waals surface area contributed by atoms with Crippen LogP contribution in [0.15, 0.2) is 42.6 Å². The zero-order valence-corrected chi connectivity index (χ0v) is 16.2. The van der Waals surface area contributed by atoms with Crippen LogP contribution in [0, 0.1) is 19.8 Å². The van der Waals surface area contributed by atoms with E-state index in [1.807, 2.05) is 55.3 Å². The molecule has 142 valence electrons. The van der Waals surface area contributed by atoms with E-state index in [4.69, 9.17) is 0 Å². The van der Waals surface area contributed by atoms with Crippen LogP contribution >= 0.6 is 0 Å². The highest BCUT2D eigenvalue weighted by Crippen LogP contribution is 2.30. The quantitative estimate of drug-likeness (QED) is 0.900. The lowest BCUT2D eigenvalue weighted by atomic mass is 9.95. The van der Waals surface area contributed by atoms with Crippen molar-refractivity contribution < 1.29 is 4.79 Å². The Balaban J connectivity index is 1.46. The standard InChI is InChI=1S/C22H28N4O/c1-16-6-5-7-17(2)21(16)24-22(27)26-13-18-9-10-20(15-26)25(12-18)14-19-8-3-4-11-23-19/h3-8,11,18,20H,9-10,12-15H2,1-2H3,(H,24,27)/t18-,20-/m1/s1. The van der Waals surface area contributed by atoms with Crippen molar-refractivity contribution in [1.82, 2.24) is 14.8 Å². The summed E-state index contributed by atoms with van der Waals surface area (Å²) in [6.07, 6.45) is 4.22. The minimum atomic E-state index is 0.0315. The van der Waals surface area contributed by atoms with Gasteiger partial charge in [0.2, 0.25) is 0 Å². The maximum absolute atomic E-state index is 13.0. The molecule has 0 unspecified atom stereocenters. The number of rotatable bonds is 3. The maximum Gasteiger partial charge on any atom is 0.321 e. The molecule has 27 heavy (non-hydrogen) atoms. The molecule has 3 fully saturated rings. The van der Waals surface area contributed by atoms with Crippen molar-refractivity contribution in [3.8, 4) is 0 Å². The van der Waals surface area contributed by atoms with E-state index in [-0.39, 0.29) is 6.03 Å². The Labute approximate surface area is 161 Å². The van der Waals surface area contributed by atoms with Crippen LogP contribution < -0.4 is 5.32 Å². The number of amides is 2. The van der Waals surface area contributed by atoms with E-state index in [2.05, 4.69) is 21.3 Å². The van der Waals surface area contributed by atoms with Gasteiger partial charge >= 0.3 is 6.03 Å². The number of aromatic nitrogens is 1. The predicted molar refractivity (Wildman–Crippen MR) is 108 cm³/mol. The van der Waals surface area contributed by atoms with E-state index in [1.54, 1.807) is 0 Å². The van der Waals surface area contributed by atoms with Gasteiger partial charge in [-0.3, -0.25) is 9.88 Å². The van der Waals surface area contributed by atoms with Gasteiger partial charge in [-0.25, -0.2) is 4.79 Å². The number of hydrogen-bond donors (Lipinski definition) is 1. The van der Waals surface area contributed by atoms with E-state index in [1.165, 1.54) is 6.42 Å². The van der Waals surface area contributed by atoms with Crippen LogP contribution in [0.5, 0.6) is 0 Å². The number of carbonyl (C=O) groups excluding carboxylic acids is 1. The largest absolute Gasteiger partial charge is 0.323 e. The van der Waals surface area contributed by atoms with Gasteiger partial charge in [-0.05, 0) is 55.9 Å². The van der Waals surface area contributed by atoms with E-state index < -0.39 is 0 Å². The van der Waals surface area contributed by atoms with E-state index in [0.29, 0.717) is 12.0 Å². The van der Waals surface area contributed by atoms with Gasteiger partial charge in [-0.2, -0.15) is 0 Å². The van der Waals surface area contributed by atoms with Gasteiger partial charge in [0, 0.05) is 44.1 Å². The number of fused-ring (bicyclic) bond motifs is 4. The Kier molecular flexibility index (Phi) is 5.12. The summed E-state index contributed by atoms with van der Waals surface area (Å²) < 4.78 is 0. The van der Waals surface area contributed by atoms with Crippen molar-refractivity contribution in [3.63, 3.8) is 0 Å². The fraction of sp³-hybridized carbons (Fsp3) is 0.455. The lowest BCUT2D eigenvalue weighted by Gasteiger charge is -2.35. The van der Waals surface area contributed by atoms with Gasteiger partial charge < -0.3 is 10.2 Å². The number of nitrogens with one attached hydrogen (secondary N) is 1. The molecular weight excluding hydrogens is 336 g/mol. The Bertz CT molecular complexity index is 787. The molecule has 5 heteroatoms. The molecule has 1 aromatic heterocycles. The molecule has 3 aliphatic heterocycles. The van der Waals surface area contributed by atoms with Gasteiger partial charge in [0.1, 0.15) is 0 Å². The zero-order valence-electron chi connectivity index (χ0n) is 16.2. The number of urea groups is 1. The van der Waals surface area contributed by atoms with Crippen LogP contribution in [-0.4, -0.2) is 46.5 Å². The van der Waals surface area contributed by atoms with Crippen LogP contribution in [-0.2, 0) is 6.54 Å². The highest BCUT2D eigenvalue weighted by Gasteiger charge is 2.36. The van der Waals surface area contributed by atoms with Gasteiger partial charge in [-0.1, -0.05) is 24.3 Å². The summed E-state index contributed by atoms with van der Waals surface area (Å²) in [7, 11) is 0. The highest BCUT2D eigenvalue weighted by molar-refractivity contribution is 5.91. The molecule has 0 saturated carbocycles. The first-order valence-corrected chi connectivity index (χ1v) is 9.86. The Morgan fingerprint density at radius 2 is 1.89 bits per heavy atom. The second kappa shape index (κ2) is 7.69. The normalized spacial score (nSPS) is 22.5. The van der Waals surface area contributed by atoms with Gasteiger partial charge in [0.15, 0.2) is 0 Å². The molecule has 2 bridgehead atoms. The van der Waals surface area contributed by atoms with Gasteiger partial charge in [0.25, 0.3) is 0 Å². The minimum absolute atomic E-state index is 0.0315. The lowest BCUT2D eigenvalue weighted by molar-refractivity contribution is 0.123. The number of hydrogen-bond acceptors (Lipinski definition) is 3. The summed E-state index contributed by atoms with van der Waals surface area (Å²) in [5.41, 5.74) is 4.27. The third kappa shape index (κ3) is 3.98. The number of nitrogens with zero attached hydrogens (tertiary/aromatic N) is 3. The summed E-state index contributed by atoms with van der Waals surface area (Å²) in [5.74, 6) is 0.538. The van der Waals surface area contributed by atoms with E-state index >= 15 is 0 Å². The Morgan fingerprint density at radius 1 is 1.07 bits per heavy atom. The maximum atomic E-state index is 13.0. The van der Waals surface area contributed by atoms with Crippen LogP contribution in [0.2, 0.25) is 0 Å². The van der Waals surface area contributed by atoms with Crippen molar-refractivity contribution in [2.75, 3.05) is 25.0 Å². The van der Waals surface area contributed by atoms with E-state index in [9.17, 15) is 4.79 Å². The fourth-order valence-corrected chi connectivity index (χ4v) is 4.44. The lowest BCUT2D eigenvalue weighted by Crippen LogP contribution is -2.44. The summed E-state index contributed by atoms with van der Waals surface area (Å²) >= 11 is 0. The number of aryl methyl sites for hydroxylation is 2. The van der Waals surface area contributed by atoms with Crippen LogP contribution in [0.3, 0.4) is 0 Å². The number of piperidine rings is 1. The third-order valence-electron chi connectivity index (χ3n) is 5.92. The van der Waals surface area contributed by atoms with Crippen LogP contribution in [0.25, 0.3) is 0 Å². The molecular formula is C22H28N4O. The van der Waals surface area contributed by atoms with E-state index in [0.717, 1.165) is 55.1 Å². The summed E-state index contributed by atoms with van der Waals surface area (Å²) in [4.78, 5) is 22.0. The molecule has 3 saturated heterocycles. The number of para-hydroxylation sites is 1. The zero-order chi connectivity index (χ0) is 18.8. The molecule has 1 aromatic carbocycles. The number of pyridine rings is 1. The van der Waals surface area contributed by atoms with Crippen molar-refractivity contribution in [2.45, 2.75) is 39.3 Å². The van der Waals surface area contributed by atoms with Crippen molar-refractivity contribution >= 4 is 11.7 Å². The SMILES string of the molecule is Cc1cccc(C)c1NC(=O)N1C[C@@H]2CC[C@H](C1)N(Cc1ccccn1)C2. The molecule has 5 nitrogen and oxygen atoms in total. The molecule has 5 rings (SSSR count). The van der Waals surface area contributed by atoms with Gasteiger partial charge in [-0.15, -0.1) is 0 Å².